The van der Waals surface area contributed by atoms with Crippen LogP contribution >= 0.6 is 12.4 Å². The monoisotopic (exact) mass is 336 g/mol. The highest BCUT2D eigenvalue weighted by atomic mass is 35.5. The van der Waals surface area contributed by atoms with Gasteiger partial charge in [-0.15, -0.1) is 12.4 Å². The Labute approximate surface area is 146 Å². The van der Waals surface area contributed by atoms with E-state index >= 15 is 0 Å². The molecule has 0 aromatic heterocycles. The van der Waals surface area contributed by atoms with E-state index in [1.165, 1.54) is 18.4 Å². The summed E-state index contributed by atoms with van der Waals surface area (Å²) in [4.78, 5) is 14.5. The number of hydrogen-bond acceptors (Lipinski definition) is 2. The van der Waals surface area contributed by atoms with Gasteiger partial charge in [0.15, 0.2) is 0 Å². The smallest absolute Gasteiger partial charge is 0.226 e. The molecule has 1 aliphatic carbocycles. The minimum Gasteiger partial charge on any atom is -0.346 e. The number of piperidine rings is 1. The molecule has 0 radical (unpaired) electrons. The van der Waals surface area contributed by atoms with Crippen LogP contribution in [-0.4, -0.2) is 37.5 Å². The summed E-state index contributed by atoms with van der Waals surface area (Å²) in [7, 11) is 1.98. The van der Waals surface area contributed by atoms with E-state index in [0.717, 1.165) is 45.3 Å². The van der Waals surface area contributed by atoms with Crippen LogP contribution < -0.4 is 5.32 Å². The zero-order valence-electron chi connectivity index (χ0n) is 14.1. The lowest BCUT2D eigenvalue weighted by atomic mass is 9.91. The largest absolute Gasteiger partial charge is 0.346 e. The minimum atomic E-state index is 0. The maximum absolute atomic E-state index is 12.5. The predicted octanol–water partition coefficient (Wildman–Crippen LogP) is 3.28. The highest BCUT2D eigenvalue weighted by molar-refractivity contribution is 5.85. The molecular weight excluding hydrogens is 308 g/mol. The van der Waals surface area contributed by atoms with Crippen molar-refractivity contribution in [3.8, 4) is 0 Å². The number of rotatable bonds is 6. The van der Waals surface area contributed by atoms with Crippen LogP contribution in [0.5, 0.6) is 0 Å². The second kappa shape index (κ2) is 8.16. The van der Waals surface area contributed by atoms with Gasteiger partial charge in [-0.25, -0.2) is 0 Å². The third kappa shape index (κ3) is 4.48. The summed E-state index contributed by atoms with van der Waals surface area (Å²) in [6.07, 6.45) is 6.86. The third-order valence-corrected chi connectivity index (χ3v) is 5.52. The molecule has 2 aliphatic rings. The van der Waals surface area contributed by atoms with E-state index in [9.17, 15) is 4.79 Å². The van der Waals surface area contributed by atoms with Gasteiger partial charge in [0, 0.05) is 19.5 Å². The molecule has 3 nitrogen and oxygen atoms in total. The van der Waals surface area contributed by atoms with Crippen LogP contribution in [0.4, 0.5) is 0 Å². The molecule has 2 fully saturated rings. The quantitative estimate of drug-likeness (QED) is 0.808. The summed E-state index contributed by atoms with van der Waals surface area (Å²) in [6, 6.07) is 10.6. The zero-order chi connectivity index (χ0) is 15.4. The normalized spacial score (nSPS) is 21.5. The van der Waals surface area contributed by atoms with Gasteiger partial charge in [-0.1, -0.05) is 30.3 Å². The van der Waals surface area contributed by atoms with Crippen molar-refractivity contribution >= 4 is 18.3 Å². The first-order chi connectivity index (χ1) is 10.7. The van der Waals surface area contributed by atoms with Gasteiger partial charge in [0.05, 0.1) is 0 Å². The number of benzene rings is 1. The Morgan fingerprint density at radius 3 is 2.61 bits per heavy atom. The van der Waals surface area contributed by atoms with Crippen molar-refractivity contribution in [1.29, 1.82) is 0 Å². The number of carbonyl (C=O) groups excluding carboxylic acids is 1. The lowest BCUT2D eigenvalue weighted by Crippen LogP contribution is -2.35. The molecule has 1 saturated heterocycles. The molecule has 4 heteroatoms. The number of carbonyl (C=O) groups is 1. The summed E-state index contributed by atoms with van der Waals surface area (Å²) in [5.74, 6) is 0.704. The molecule has 1 aliphatic heterocycles. The molecule has 1 N–H and O–H groups in total. The van der Waals surface area contributed by atoms with Gasteiger partial charge in [0.1, 0.15) is 0 Å². The Balaban J connectivity index is 0.00000192. The molecule has 1 heterocycles. The predicted molar refractivity (Wildman–Crippen MR) is 96.9 cm³/mol. The van der Waals surface area contributed by atoms with Gasteiger partial charge in [0.25, 0.3) is 0 Å². The Morgan fingerprint density at radius 2 is 1.91 bits per heavy atom. The van der Waals surface area contributed by atoms with Gasteiger partial charge in [0.2, 0.25) is 5.91 Å². The molecular formula is C19H29ClN2O. The lowest BCUT2D eigenvalue weighted by molar-refractivity contribution is -0.132. The van der Waals surface area contributed by atoms with Gasteiger partial charge in [-0.3, -0.25) is 4.79 Å². The van der Waals surface area contributed by atoms with E-state index in [1.54, 1.807) is 0 Å². The number of halogens is 1. The standard InChI is InChI=1S/C19H28N2O.ClH/c1-21(14-6-5-9-16-7-3-2-4-8-16)18(22)17-15-19(17)10-12-20-13-11-19;/h2-4,7-8,17,20H,5-6,9-15H2,1H3;1H. The number of unbranched alkanes of at least 4 members (excludes halogenated alkanes) is 1. The molecule has 3 rings (SSSR count). The van der Waals surface area contributed by atoms with Crippen molar-refractivity contribution in [3.05, 3.63) is 35.9 Å². The Bertz CT molecular complexity index is 499. The SMILES string of the molecule is CN(CCCCc1ccccc1)C(=O)C1CC12CCNCC2.Cl. The summed E-state index contributed by atoms with van der Waals surface area (Å²) in [5, 5.41) is 3.40. The maximum Gasteiger partial charge on any atom is 0.226 e. The average molecular weight is 337 g/mol. The van der Waals surface area contributed by atoms with Crippen LogP contribution in [0.3, 0.4) is 0 Å². The van der Waals surface area contributed by atoms with Crippen molar-refractivity contribution in [1.82, 2.24) is 10.2 Å². The van der Waals surface area contributed by atoms with Crippen LogP contribution in [0.25, 0.3) is 0 Å². The minimum absolute atomic E-state index is 0. The third-order valence-electron chi connectivity index (χ3n) is 5.52. The molecule has 1 amide bonds. The number of hydrogen-bond donors (Lipinski definition) is 1. The zero-order valence-corrected chi connectivity index (χ0v) is 14.9. The van der Waals surface area contributed by atoms with Crippen molar-refractivity contribution in [2.24, 2.45) is 11.3 Å². The number of nitrogens with one attached hydrogen (secondary N) is 1. The summed E-state index contributed by atoms with van der Waals surface area (Å²) in [5.41, 5.74) is 1.76. The van der Waals surface area contributed by atoms with Gasteiger partial charge >= 0.3 is 0 Å². The Hall–Kier alpha value is -1.06. The van der Waals surface area contributed by atoms with Crippen LogP contribution in [0.15, 0.2) is 30.3 Å². The van der Waals surface area contributed by atoms with Gasteiger partial charge in [-0.2, -0.15) is 0 Å². The lowest BCUT2D eigenvalue weighted by Gasteiger charge is -2.25. The molecule has 1 aromatic rings. The van der Waals surface area contributed by atoms with E-state index in [-0.39, 0.29) is 12.4 Å². The van der Waals surface area contributed by atoms with Crippen LogP contribution in [0, 0.1) is 11.3 Å². The fourth-order valence-corrected chi connectivity index (χ4v) is 3.87. The summed E-state index contributed by atoms with van der Waals surface area (Å²) in [6.45, 7) is 3.08. The molecule has 0 bridgehead atoms. The topological polar surface area (TPSA) is 32.3 Å². The van der Waals surface area contributed by atoms with Crippen molar-refractivity contribution in [2.75, 3.05) is 26.7 Å². The molecule has 1 unspecified atom stereocenters. The Morgan fingerprint density at radius 1 is 1.22 bits per heavy atom. The van der Waals surface area contributed by atoms with Gasteiger partial charge < -0.3 is 10.2 Å². The van der Waals surface area contributed by atoms with Crippen molar-refractivity contribution < 1.29 is 4.79 Å². The van der Waals surface area contributed by atoms with Gasteiger partial charge in [-0.05, 0) is 62.6 Å². The fraction of sp³-hybridized carbons (Fsp3) is 0.632. The molecule has 1 spiro atoms. The molecule has 128 valence electrons. The molecule has 1 atom stereocenters. The fourth-order valence-electron chi connectivity index (χ4n) is 3.87. The van der Waals surface area contributed by atoms with E-state index < -0.39 is 0 Å². The van der Waals surface area contributed by atoms with Crippen LogP contribution in [-0.2, 0) is 11.2 Å². The summed E-state index contributed by atoms with van der Waals surface area (Å²) >= 11 is 0. The van der Waals surface area contributed by atoms with E-state index in [1.807, 2.05) is 11.9 Å². The van der Waals surface area contributed by atoms with E-state index in [2.05, 4.69) is 35.6 Å². The molecule has 1 saturated carbocycles. The first-order valence-corrected chi connectivity index (χ1v) is 8.71. The number of aryl methyl sites for hydroxylation is 1. The van der Waals surface area contributed by atoms with Crippen LogP contribution in [0.2, 0.25) is 0 Å². The average Bonchev–Trinajstić information content (AvgIpc) is 3.25. The first-order valence-electron chi connectivity index (χ1n) is 8.71. The maximum atomic E-state index is 12.5. The second-order valence-corrected chi connectivity index (χ2v) is 7.07. The first kappa shape index (κ1) is 18.3. The second-order valence-electron chi connectivity index (χ2n) is 7.07. The molecule has 1 aromatic carbocycles. The number of amides is 1. The highest BCUT2D eigenvalue weighted by Crippen LogP contribution is 2.59. The highest BCUT2D eigenvalue weighted by Gasteiger charge is 2.58. The summed E-state index contributed by atoms with van der Waals surface area (Å²) < 4.78 is 0. The van der Waals surface area contributed by atoms with E-state index in [0.29, 0.717) is 17.2 Å². The van der Waals surface area contributed by atoms with Crippen LogP contribution in [0.1, 0.15) is 37.7 Å². The Kier molecular flexibility index (Phi) is 6.49. The van der Waals surface area contributed by atoms with Crippen molar-refractivity contribution in [3.63, 3.8) is 0 Å². The molecule has 23 heavy (non-hydrogen) atoms. The van der Waals surface area contributed by atoms with E-state index in [4.69, 9.17) is 0 Å². The number of nitrogens with zero attached hydrogens (tertiary/aromatic N) is 1. The van der Waals surface area contributed by atoms with Crippen molar-refractivity contribution in [2.45, 2.75) is 38.5 Å².